The molecule has 1 N–H and O–H groups in total. The van der Waals surface area contributed by atoms with E-state index in [9.17, 15) is 14.5 Å². The van der Waals surface area contributed by atoms with E-state index in [0.717, 1.165) is 16.2 Å². The third kappa shape index (κ3) is 3.41. The molecule has 4 rings (SSSR count). The molecule has 0 bridgehead atoms. The lowest BCUT2D eigenvalue weighted by Gasteiger charge is -2.05. The first-order valence-electron chi connectivity index (χ1n) is 8.01. The van der Waals surface area contributed by atoms with Gasteiger partial charge in [0.2, 0.25) is 0 Å². The molecule has 0 fully saturated rings. The first-order valence-corrected chi connectivity index (χ1v) is 9.21. The molecule has 0 spiro atoms. The van der Waals surface area contributed by atoms with Crippen molar-refractivity contribution in [2.24, 2.45) is 0 Å². The van der Waals surface area contributed by atoms with Gasteiger partial charge in [0.25, 0.3) is 5.69 Å². The number of nitrogens with one attached hydrogen (secondary N) is 1. The maximum Gasteiger partial charge on any atom is 0.270 e. The number of nitro groups is 1. The summed E-state index contributed by atoms with van der Waals surface area (Å²) in [4.78, 5) is 15.4. The third-order valence-corrected chi connectivity index (χ3v) is 5.51. The summed E-state index contributed by atoms with van der Waals surface area (Å²) in [7, 11) is 0. The summed E-state index contributed by atoms with van der Waals surface area (Å²) in [6, 6.07) is 18.9. The summed E-state index contributed by atoms with van der Waals surface area (Å²) < 4.78 is 14.1. The van der Waals surface area contributed by atoms with E-state index in [0.29, 0.717) is 15.8 Å². The molecular weight excluding hydrogens is 387 g/mol. The molecule has 134 valence electrons. The van der Waals surface area contributed by atoms with Gasteiger partial charge in [0.1, 0.15) is 5.82 Å². The van der Waals surface area contributed by atoms with E-state index >= 15 is 0 Å². The van der Waals surface area contributed by atoms with Gasteiger partial charge >= 0.3 is 0 Å². The van der Waals surface area contributed by atoms with Gasteiger partial charge < -0.3 is 4.98 Å². The molecule has 0 aliphatic carbocycles. The van der Waals surface area contributed by atoms with Gasteiger partial charge in [-0.2, -0.15) is 0 Å². The van der Waals surface area contributed by atoms with E-state index in [1.807, 2.05) is 30.3 Å². The molecular formula is C20H12ClFN2O2S. The van der Waals surface area contributed by atoms with Crippen LogP contribution in [0.2, 0.25) is 5.02 Å². The zero-order valence-electron chi connectivity index (χ0n) is 13.8. The lowest BCUT2D eigenvalue weighted by Crippen LogP contribution is -1.87. The van der Waals surface area contributed by atoms with Crippen molar-refractivity contribution < 1.29 is 9.31 Å². The van der Waals surface area contributed by atoms with Crippen LogP contribution in [0.1, 0.15) is 0 Å². The second-order valence-electron chi connectivity index (χ2n) is 5.86. The summed E-state index contributed by atoms with van der Waals surface area (Å²) >= 11 is 7.28. The van der Waals surface area contributed by atoms with Crippen molar-refractivity contribution in [1.29, 1.82) is 0 Å². The minimum absolute atomic E-state index is 0.00956. The number of fused-ring (bicyclic) bond motifs is 1. The molecule has 0 atom stereocenters. The summed E-state index contributed by atoms with van der Waals surface area (Å²) in [5.74, 6) is -0.510. The molecule has 0 aliphatic heterocycles. The first kappa shape index (κ1) is 17.6. The van der Waals surface area contributed by atoms with Crippen molar-refractivity contribution in [2.75, 3.05) is 0 Å². The van der Waals surface area contributed by atoms with E-state index in [1.165, 1.54) is 30.0 Å². The van der Waals surface area contributed by atoms with Crippen LogP contribution in [0.15, 0.2) is 76.5 Å². The Bertz CT molecular complexity index is 1160. The Labute approximate surface area is 163 Å². The highest BCUT2D eigenvalue weighted by Gasteiger charge is 2.17. The number of non-ortho nitro benzene ring substituents is 1. The molecule has 0 unspecified atom stereocenters. The molecule has 4 nitrogen and oxygen atoms in total. The first-order chi connectivity index (χ1) is 13.0. The molecule has 0 aliphatic rings. The topological polar surface area (TPSA) is 58.9 Å². The second-order valence-corrected chi connectivity index (χ2v) is 7.35. The van der Waals surface area contributed by atoms with Crippen LogP contribution in [-0.4, -0.2) is 9.91 Å². The second kappa shape index (κ2) is 7.06. The van der Waals surface area contributed by atoms with Crippen LogP contribution in [0.5, 0.6) is 0 Å². The predicted octanol–water partition coefficient (Wildman–Crippen LogP) is 6.69. The Kier molecular flexibility index (Phi) is 4.59. The average molecular weight is 399 g/mol. The van der Waals surface area contributed by atoms with Gasteiger partial charge in [-0.3, -0.25) is 10.1 Å². The minimum atomic E-state index is -0.510. The van der Waals surface area contributed by atoms with Crippen molar-refractivity contribution in [3.63, 3.8) is 0 Å². The molecule has 3 aromatic carbocycles. The van der Waals surface area contributed by atoms with Crippen molar-refractivity contribution >= 4 is 40.0 Å². The van der Waals surface area contributed by atoms with E-state index in [4.69, 9.17) is 11.6 Å². The van der Waals surface area contributed by atoms with E-state index in [-0.39, 0.29) is 10.7 Å². The van der Waals surface area contributed by atoms with Crippen molar-refractivity contribution in [3.8, 4) is 11.3 Å². The maximum absolute atomic E-state index is 14.1. The Morgan fingerprint density at radius 3 is 2.56 bits per heavy atom. The molecule has 7 heteroatoms. The zero-order chi connectivity index (χ0) is 19.0. The molecule has 1 aromatic heterocycles. The van der Waals surface area contributed by atoms with Crippen LogP contribution in [0, 0.1) is 15.9 Å². The lowest BCUT2D eigenvalue weighted by molar-refractivity contribution is -0.385. The van der Waals surface area contributed by atoms with Gasteiger partial charge in [-0.1, -0.05) is 59.8 Å². The highest BCUT2D eigenvalue weighted by molar-refractivity contribution is 7.99. The third-order valence-electron chi connectivity index (χ3n) is 4.10. The summed E-state index contributed by atoms with van der Waals surface area (Å²) in [6.45, 7) is 0. The molecule has 4 aromatic rings. The van der Waals surface area contributed by atoms with Crippen LogP contribution < -0.4 is 0 Å². The van der Waals surface area contributed by atoms with Crippen LogP contribution in [0.25, 0.3) is 22.2 Å². The maximum atomic E-state index is 14.1. The normalized spacial score (nSPS) is 11.0. The van der Waals surface area contributed by atoms with Crippen molar-refractivity contribution in [3.05, 3.63) is 87.7 Å². The number of H-pyrrole nitrogens is 1. The number of nitrogens with zero attached hydrogens (tertiary/aromatic N) is 1. The number of nitro benzene ring substituents is 1. The Hall–Kier alpha value is -2.83. The lowest BCUT2D eigenvalue weighted by atomic mass is 10.1. The minimum Gasteiger partial charge on any atom is -0.354 e. The predicted molar refractivity (Wildman–Crippen MR) is 106 cm³/mol. The number of hydrogen-bond acceptors (Lipinski definition) is 3. The Morgan fingerprint density at radius 1 is 1.04 bits per heavy atom. The number of rotatable bonds is 4. The molecule has 1 heterocycles. The van der Waals surface area contributed by atoms with Crippen LogP contribution >= 0.6 is 23.4 Å². The Balaban J connectivity index is 1.90. The fraction of sp³-hybridized carbons (Fsp3) is 0. The molecule has 0 radical (unpaired) electrons. The standard InChI is InChI=1S/C20H12ClFN2O2S/c21-16-11-18-15(10-17(16)22)20(19(23-18)12-5-2-1-3-6-12)27-14-8-4-7-13(9-14)24(25)26/h1-11,23H. The SMILES string of the molecule is O=[N+]([O-])c1cccc(Sc2c(-c3ccccc3)[nH]c3cc(Cl)c(F)cc23)c1. The van der Waals surface area contributed by atoms with Gasteiger partial charge in [-0.25, -0.2) is 4.39 Å². The quantitative estimate of drug-likeness (QED) is 0.308. The van der Waals surface area contributed by atoms with Gasteiger partial charge in [0.05, 0.1) is 15.6 Å². The van der Waals surface area contributed by atoms with Crippen molar-refractivity contribution in [1.82, 2.24) is 4.98 Å². The summed E-state index contributed by atoms with van der Waals surface area (Å²) in [5, 5.41) is 11.8. The molecule has 0 amide bonds. The number of halogens is 2. The van der Waals surface area contributed by atoms with E-state index in [2.05, 4.69) is 4.98 Å². The number of aromatic nitrogens is 1. The highest BCUT2D eigenvalue weighted by atomic mass is 35.5. The fourth-order valence-corrected chi connectivity index (χ4v) is 4.13. The van der Waals surface area contributed by atoms with Gasteiger partial charge in [-0.05, 0) is 23.8 Å². The number of benzene rings is 3. The van der Waals surface area contributed by atoms with E-state index < -0.39 is 10.7 Å². The number of hydrogen-bond donors (Lipinski definition) is 1. The van der Waals surface area contributed by atoms with Gasteiger partial charge in [0, 0.05) is 32.8 Å². The van der Waals surface area contributed by atoms with E-state index in [1.54, 1.807) is 18.2 Å². The molecule has 0 saturated heterocycles. The van der Waals surface area contributed by atoms with Gasteiger partial charge in [0.15, 0.2) is 0 Å². The van der Waals surface area contributed by atoms with Crippen LogP contribution in [-0.2, 0) is 0 Å². The average Bonchev–Trinajstić information content (AvgIpc) is 3.00. The fourth-order valence-electron chi connectivity index (χ4n) is 2.86. The smallest absolute Gasteiger partial charge is 0.270 e. The monoisotopic (exact) mass is 398 g/mol. The largest absolute Gasteiger partial charge is 0.354 e. The zero-order valence-corrected chi connectivity index (χ0v) is 15.4. The molecule has 27 heavy (non-hydrogen) atoms. The Morgan fingerprint density at radius 2 is 1.81 bits per heavy atom. The molecule has 0 saturated carbocycles. The summed E-state index contributed by atoms with van der Waals surface area (Å²) in [5.41, 5.74) is 2.45. The van der Waals surface area contributed by atoms with Crippen LogP contribution in [0.4, 0.5) is 10.1 Å². The van der Waals surface area contributed by atoms with Crippen molar-refractivity contribution in [2.45, 2.75) is 9.79 Å². The number of aromatic amines is 1. The highest BCUT2D eigenvalue weighted by Crippen LogP contribution is 2.42. The van der Waals surface area contributed by atoms with Crippen LogP contribution in [0.3, 0.4) is 0 Å². The van der Waals surface area contributed by atoms with Gasteiger partial charge in [-0.15, -0.1) is 0 Å². The summed E-state index contributed by atoms with van der Waals surface area (Å²) in [6.07, 6.45) is 0.